The van der Waals surface area contributed by atoms with Gasteiger partial charge < -0.3 is 0 Å². The minimum atomic E-state index is 0.409. The van der Waals surface area contributed by atoms with Crippen molar-refractivity contribution < 1.29 is 15.7 Å². The number of hydrogen-bond donors (Lipinski definition) is 0. The maximum absolute atomic E-state index is 3.04. The average Bonchev–Trinajstić information content (AvgIpc) is 1.38. The molecule has 0 saturated carbocycles. The molecule has 0 saturated heterocycles. The Morgan fingerprint density at radius 3 is 2.20 bits per heavy atom. The van der Waals surface area contributed by atoms with Crippen molar-refractivity contribution in [2.24, 2.45) is 0 Å². The van der Waals surface area contributed by atoms with Gasteiger partial charge in [-0.2, -0.15) is 0 Å². The third kappa shape index (κ3) is 6.91. The Morgan fingerprint density at radius 2 is 2.20 bits per heavy atom. The van der Waals surface area contributed by atoms with E-state index in [1.807, 2.05) is 0 Å². The van der Waals surface area contributed by atoms with Gasteiger partial charge in [-0.15, -0.1) is 0 Å². The summed E-state index contributed by atoms with van der Waals surface area (Å²) in [6, 6.07) is 0. The summed E-state index contributed by atoms with van der Waals surface area (Å²) in [7, 11) is 0. The van der Waals surface area contributed by atoms with Crippen LogP contribution in [-0.4, -0.2) is 12.2 Å². The first-order chi connectivity index (χ1) is 2.27. The molecule has 1 unspecified atom stereocenters. The van der Waals surface area contributed by atoms with Crippen LogP contribution in [0.5, 0.6) is 0 Å². The van der Waals surface area contributed by atoms with Crippen molar-refractivity contribution in [1.82, 2.24) is 0 Å². The SMILES string of the molecule is [V]=[S](I)I=[Se]. The van der Waals surface area contributed by atoms with E-state index in [2.05, 4.69) is 49.1 Å². The van der Waals surface area contributed by atoms with Crippen LogP contribution in [0.2, 0.25) is 0 Å². The van der Waals surface area contributed by atoms with Crippen LogP contribution in [0.4, 0.5) is 0 Å². The molecule has 1 atom stereocenters. The Balaban J connectivity index is 3.20. The Bertz CT molecular complexity index is 60.7. The van der Waals surface area contributed by atoms with Gasteiger partial charge in [0.2, 0.25) is 0 Å². The predicted octanol–water partition coefficient (Wildman–Crippen LogP) is 2.04. The second kappa shape index (κ2) is 5.06. The quantitative estimate of drug-likeness (QED) is 0.454. The van der Waals surface area contributed by atoms with Crippen molar-refractivity contribution in [2.75, 3.05) is 0 Å². The van der Waals surface area contributed by atoms with Crippen molar-refractivity contribution >= 4 is 53.3 Å². The summed E-state index contributed by atoms with van der Waals surface area (Å²) in [6.07, 6.45) is 0. The summed E-state index contributed by atoms with van der Waals surface area (Å²) in [4.78, 5) is 0. The fourth-order valence-electron chi connectivity index (χ4n) is 0. The van der Waals surface area contributed by atoms with Crippen LogP contribution in [0.3, 0.4) is 0 Å². The molecule has 0 aliphatic heterocycles. The summed E-state index contributed by atoms with van der Waals surface area (Å²) in [5, 5.41) is 0. The predicted molar refractivity (Wildman–Crippen MR) is 41.4 cm³/mol. The topological polar surface area (TPSA) is 0 Å². The Kier molecular flexibility index (Phi) is 8.01. The molecule has 0 fully saturated rings. The van der Waals surface area contributed by atoms with Crippen molar-refractivity contribution in [2.45, 2.75) is 0 Å². The molecule has 0 aromatic rings. The van der Waals surface area contributed by atoms with Gasteiger partial charge in [0, 0.05) is 0 Å². The Morgan fingerprint density at radius 1 is 2.00 bits per heavy atom. The van der Waals surface area contributed by atoms with Crippen LogP contribution in [0.1, 0.15) is 0 Å². The van der Waals surface area contributed by atoms with Crippen molar-refractivity contribution in [3.63, 3.8) is 0 Å². The first kappa shape index (κ1) is 7.91. The fraction of sp³-hybridized carbons (Fsp3) is 0. The van der Waals surface area contributed by atoms with Gasteiger partial charge >= 0.3 is 69.0 Å². The van der Waals surface area contributed by atoms with Gasteiger partial charge in [-0.05, 0) is 0 Å². The molecular formula is I2SSeV. The molecule has 0 radical (unpaired) electrons. The van der Waals surface area contributed by atoms with E-state index in [-0.39, 0.29) is 0 Å². The van der Waals surface area contributed by atoms with Crippen LogP contribution < -0.4 is 0 Å². The first-order valence-electron chi connectivity index (χ1n) is 0.645. The van der Waals surface area contributed by atoms with Crippen LogP contribution >= 0.6 is 41.1 Å². The number of hydrogen-bond acceptors (Lipinski definition) is 0. The van der Waals surface area contributed by atoms with E-state index >= 15 is 0 Å². The molecule has 0 aromatic heterocycles. The molecule has 5 heteroatoms. The fourth-order valence-corrected chi connectivity index (χ4v) is 0. The summed E-state index contributed by atoms with van der Waals surface area (Å²) >= 11 is 8.51. The molecule has 0 heterocycles. The van der Waals surface area contributed by atoms with E-state index in [0.29, 0.717) is 19.9 Å². The molecule has 0 bridgehead atoms. The molecule has 5 heavy (non-hydrogen) atoms. The van der Waals surface area contributed by atoms with Crippen LogP contribution in [0.15, 0.2) is 0 Å². The monoisotopic (exact) mass is 417 g/mol. The van der Waals surface area contributed by atoms with Crippen molar-refractivity contribution in [1.29, 1.82) is 0 Å². The zero-order valence-corrected chi connectivity index (χ0v) is 10.3. The minimum absolute atomic E-state index is 0.409. The molecule has 31 valence electrons. The van der Waals surface area contributed by atoms with E-state index < -0.39 is 0 Å². The third-order valence-corrected chi connectivity index (χ3v) is 28.8. The molecule has 0 spiro atoms. The van der Waals surface area contributed by atoms with E-state index in [1.54, 1.807) is 0 Å². The van der Waals surface area contributed by atoms with Crippen molar-refractivity contribution in [3.8, 4) is 0 Å². The van der Waals surface area contributed by atoms with E-state index in [0.717, 1.165) is 0 Å². The zero-order valence-electron chi connectivity index (χ0n) is 2.02. The second-order valence-electron chi connectivity index (χ2n) is 0.259. The Hall–Kier alpha value is 2.91. The van der Waals surface area contributed by atoms with Crippen LogP contribution in [-0.2, 0) is 15.7 Å². The third-order valence-electron chi connectivity index (χ3n) is 0.0520. The molecule has 0 rings (SSSR count). The molecule has 0 aliphatic rings. The molecule has 0 N–H and O–H groups in total. The summed E-state index contributed by atoms with van der Waals surface area (Å²) in [5.74, 6) is 0. The maximum atomic E-state index is 3.04. The van der Waals surface area contributed by atoms with Gasteiger partial charge in [0.1, 0.15) is 0 Å². The standard InChI is InChI=1S/I2SSe.V/c1-3-2-4;. The van der Waals surface area contributed by atoms with Crippen molar-refractivity contribution in [3.05, 3.63) is 0 Å². The van der Waals surface area contributed by atoms with Gasteiger partial charge in [0.05, 0.1) is 0 Å². The van der Waals surface area contributed by atoms with E-state index in [1.165, 1.54) is 0 Å². The Labute approximate surface area is 67.4 Å². The second-order valence-corrected chi connectivity index (χ2v) is 25.9. The summed E-state index contributed by atoms with van der Waals surface area (Å²) in [6.45, 7) is 0. The van der Waals surface area contributed by atoms with Gasteiger partial charge in [-0.3, -0.25) is 0 Å². The molecular weight excluding hydrogens is 416 g/mol. The first-order valence-corrected chi connectivity index (χ1v) is 13.8. The van der Waals surface area contributed by atoms with Crippen LogP contribution in [0.25, 0.3) is 0 Å². The van der Waals surface area contributed by atoms with E-state index in [9.17, 15) is 0 Å². The number of halogens is 2. The average molecular weight is 416 g/mol. The molecule has 0 aliphatic carbocycles. The van der Waals surface area contributed by atoms with Gasteiger partial charge in [-0.25, -0.2) is 0 Å². The summed E-state index contributed by atoms with van der Waals surface area (Å²) in [5.41, 5.74) is 0. The van der Waals surface area contributed by atoms with Gasteiger partial charge in [0.15, 0.2) is 0 Å². The summed E-state index contributed by atoms with van der Waals surface area (Å²) < 4.78 is 0.639. The zero-order chi connectivity index (χ0) is 4.28. The van der Waals surface area contributed by atoms with E-state index in [4.69, 9.17) is 0 Å². The van der Waals surface area contributed by atoms with Crippen LogP contribution in [0, 0.1) is 0 Å². The molecule has 0 amide bonds. The number of rotatable bonds is 1. The van der Waals surface area contributed by atoms with Gasteiger partial charge in [-0.1, -0.05) is 0 Å². The molecule has 0 nitrogen and oxygen atoms in total. The normalized spacial score (nSPS) is 14.4. The molecule has 0 aromatic carbocycles. The van der Waals surface area contributed by atoms with Gasteiger partial charge in [0.25, 0.3) is 0 Å².